The lowest BCUT2D eigenvalue weighted by Crippen LogP contribution is -1.94. The van der Waals surface area contributed by atoms with E-state index in [0.717, 1.165) is 17.5 Å². The van der Waals surface area contributed by atoms with Gasteiger partial charge in [-0.05, 0) is 88.5 Å². The van der Waals surface area contributed by atoms with Gasteiger partial charge in [-0.1, -0.05) is 30.3 Å². The van der Waals surface area contributed by atoms with Crippen molar-refractivity contribution < 1.29 is 9.13 Å². The number of hydrogen-bond donors (Lipinski definition) is 0. The Morgan fingerprint density at radius 3 is 2.38 bits per heavy atom. The SMILES string of the molecule is COc1ccc(F)c(-c2ccc(Cc3ccc(I)cc3)c(C)c2)c1. The molecule has 0 saturated heterocycles. The highest BCUT2D eigenvalue weighted by Crippen LogP contribution is 2.29. The highest BCUT2D eigenvalue weighted by Gasteiger charge is 2.09. The minimum Gasteiger partial charge on any atom is -0.497 e. The highest BCUT2D eigenvalue weighted by atomic mass is 127. The summed E-state index contributed by atoms with van der Waals surface area (Å²) in [4.78, 5) is 0. The Hall–Kier alpha value is -1.88. The van der Waals surface area contributed by atoms with E-state index in [1.165, 1.54) is 20.8 Å². The van der Waals surface area contributed by atoms with E-state index in [9.17, 15) is 4.39 Å². The Kier molecular flexibility index (Phi) is 5.19. The number of benzene rings is 3. The summed E-state index contributed by atoms with van der Waals surface area (Å²) in [5.41, 5.74) is 5.13. The maximum Gasteiger partial charge on any atom is 0.131 e. The molecule has 0 unspecified atom stereocenters. The fraction of sp³-hybridized carbons (Fsp3) is 0.143. The summed E-state index contributed by atoms with van der Waals surface area (Å²) in [5, 5.41) is 0. The molecule has 0 aromatic heterocycles. The minimum absolute atomic E-state index is 0.236. The van der Waals surface area contributed by atoms with E-state index in [-0.39, 0.29) is 5.82 Å². The molecule has 3 aromatic rings. The predicted molar refractivity (Wildman–Crippen MR) is 105 cm³/mol. The number of halogens is 2. The molecule has 122 valence electrons. The molecule has 0 bridgehead atoms. The van der Waals surface area contributed by atoms with Gasteiger partial charge in [0, 0.05) is 9.13 Å². The van der Waals surface area contributed by atoms with Crippen LogP contribution in [0.25, 0.3) is 11.1 Å². The van der Waals surface area contributed by atoms with Crippen molar-refractivity contribution in [2.75, 3.05) is 7.11 Å². The van der Waals surface area contributed by atoms with E-state index >= 15 is 0 Å². The van der Waals surface area contributed by atoms with Gasteiger partial charge in [-0.3, -0.25) is 0 Å². The fourth-order valence-electron chi connectivity index (χ4n) is 2.74. The van der Waals surface area contributed by atoms with Gasteiger partial charge < -0.3 is 4.74 Å². The van der Waals surface area contributed by atoms with Crippen molar-refractivity contribution in [3.8, 4) is 16.9 Å². The Labute approximate surface area is 155 Å². The first-order valence-electron chi connectivity index (χ1n) is 7.74. The number of rotatable bonds is 4. The van der Waals surface area contributed by atoms with Crippen LogP contribution in [0.2, 0.25) is 0 Å². The van der Waals surface area contributed by atoms with E-state index in [0.29, 0.717) is 11.3 Å². The first-order chi connectivity index (χ1) is 11.6. The van der Waals surface area contributed by atoms with Crippen LogP contribution in [0.5, 0.6) is 5.75 Å². The third-order valence-corrected chi connectivity index (χ3v) is 4.85. The van der Waals surface area contributed by atoms with Crippen molar-refractivity contribution in [2.45, 2.75) is 13.3 Å². The van der Waals surface area contributed by atoms with Crippen LogP contribution in [0.15, 0.2) is 60.7 Å². The quantitative estimate of drug-likeness (QED) is 0.460. The third-order valence-electron chi connectivity index (χ3n) is 4.13. The van der Waals surface area contributed by atoms with Crippen LogP contribution in [0.4, 0.5) is 4.39 Å². The molecule has 3 rings (SSSR count). The number of ether oxygens (including phenoxy) is 1. The zero-order valence-corrected chi connectivity index (χ0v) is 15.8. The van der Waals surface area contributed by atoms with Crippen LogP contribution >= 0.6 is 22.6 Å². The number of methoxy groups -OCH3 is 1. The van der Waals surface area contributed by atoms with Crippen LogP contribution in [0, 0.1) is 16.3 Å². The lowest BCUT2D eigenvalue weighted by Gasteiger charge is -2.11. The van der Waals surface area contributed by atoms with Gasteiger partial charge in [0.2, 0.25) is 0 Å². The van der Waals surface area contributed by atoms with Gasteiger partial charge >= 0.3 is 0 Å². The standard InChI is InChI=1S/C21H18FIO/c1-14-11-17(20-13-19(24-2)9-10-21(20)22)6-5-16(14)12-15-3-7-18(23)8-4-15/h3-11,13H,12H2,1-2H3. The summed E-state index contributed by atoms with van der Waals surface area (Å²) in [5.74, 6) is 0.424. The molecule has 0 fully saturated rings. The zero-order chi connectivity index (χ0) is 17.1. The van der Waals surface area contributed by atoms with Crippen molar-refractivity contribution >= 4 is 22.6 Å². The molecule has 0 aliphatic rings. The first-order valence-corrected chi connectivity index (χ1v) is 8.82. The second kappa shape index (κ2) is 7.34. The normalized spacial score (nSPS) is 10.7. The topological polar surface area (TPSA) is 9.23 Å². The molecule has 0 radical (unpaired) electrons. The van der Waals surface area contributed by atoms with E-state index in [1.54, 1.807) is 19.2 Å². The molecule has 0 heterocycles. The summed E-state index contributed by atoms with van der Waals surface area (Å²) >= 11 is 2.31. The van der Waals surface area contributed by atoms with Crippen molar-refractivity contribution in [1.82, 2.24) is 0 Å². The largest absolute Gasteiger partial charge is 0.497 e. The molecule has 0 N–H and O–H groups in total. The average Bonchev–Trinajstić information content (AvgIpc) is 2.59. The Morgan fingerprint density at radius 1 is 0.958 bits per heavy atom. The van der Waals surface area contributed by atoms with Gasteiger partial charge in [0.15, 0.2) is 0 Å². The van der Waals surface area contributed by atoms with Crippen LogP contribution in [-0.2, 0) is 6.42 Å². The average molecular weight is 432 g/mol. The third kappa shape index (κ3) is 3.78. The molecule has 0 aliphatic carbocycles. The smallest absolute Gasteiger partial charge is 0.131 e. The maximum absolute atomic E-state index is 14.2. The molecule has 3 aromatic carbocycles. The number of aryl methyl sites for hydroxylation is 1. The van der Waals surface area contributed by atoms with Gasteiger partial charge in [0.1, 0.15) is 11.6 Å². The second-order valence-electron chi connectivity index (χ2n) is 5.79. The van der Waals surface area contributed by atoms with Gasteiger partial charge in [0.05, 0.1) is 7.11 Å². The lowest BCUT2D eigenvalue weighted by atomic mass is 9.96. The van der Waals surface area contributed by atoms with Gasteiger partial charge in [-0.25, -0.2) is 4.39 Å². The maximum atomic E-state index is 14.2. The van der Waals surface area contributed by atoms with E-state index in [2.05, 4.69) is 59.8 Å². The number of hydrogen-bond acceptors (Lipinski definition) is 1. The molecule has 0 saturated carbocycles. The van der Waals surface area contributed by atoms with Crippen molar-refractivity contribution in [2.24, 2.45) is 0 Å². The molecule has 0 aliphatic heterocycles. The van der Waals surface area contributed by atoms with Crippen LogP contribution < -0.4 is 4.74 Å². The van der Waals surface area contributed by atoms with Crippen molar-refractivity contribution in [1.29, 1.82) is 0 Å². The lowest BCUT2D eigenvalue weighted by molar-refractivity contribution is 0.414. The Bertz CT molecular complexity index is 856. The minimum atomic E-state index is -0.236. The first kappa shape index (κ1) is 17.0. The zero-order valence-electron chi connectivity index (χ0n) is 13.6. The molecule has 0 atom stereocenters. The van der Waals surface area contributed by atoms with Gasteiger partial charge in [-0.15, -0.1) is 0 Å². The molecular formula is C21H18FIO. The van der Waals surface area contributed by atoms with Crippen molar-refractivity contribution in [3.63, 3.8) is 0 Å². The fourth-order valence-corrected chi connectivity index (χ4v) is 3.10. The molecule has 0 spiro atoms. The van der Waals surface area contributed by atoms with Gasteiger partial charge in [0.25, 0.3) is 0 Å². The monoisotopic (exact) mass is 432 g/mol. The van der Waals surface area contributed by atoms with Crippen molar-refractivity contribution in [3.05, 3.63) is 86.7 Å². The van der Waals surface area contributed by atoms with Crippen LogP contribution in [0.3, 0.4) is 0 Å². The van der Waals surface area contributed by atoms with Gasteiger partial charge in [-0.2, -0.15) is 0 Å². The summed E-state index contributed by atoms with van der Waals surface area (Å²) in [6.45, 7) is 2.07. The molecule has 24 heavy (non-hydrogen) atoms. The molecular weight excluding hydrogens is 414 g/mol. The van der Waals surface area contributed by atoms with Crippen LogP contribution in [-0.4, -0.2) is 7.11 Å². The Morgan fingerprint density at radius 2 is 1.71 bits per heavy atom. The molecule has 0 amide bonds. The Balaban J connectivity index is 1.91. The predicted octanol–water partition coefficient (Wildman–Crippen LogP) is 6.01. The summed E-state index contributed by atoms with van der Waals surface area (Å²) in [6.07, 6.45) is 0.879. The summed E-state index contributed by atoms with van der Waals surface area (Å²) < 4.78 is 20.6. The summed E-state index contributed by atoms with van der Waals surface area (Å²) in [6, 6.07) is 19.5. The molecule has 3 heteroatoms. The second-order valence-corrected chi connectivity index (χ2v) is 7.04. The van der Waals surface area contributed by atoms with E-state index in [4.69, 9.17) is 4.74 Å². The molecule has 1 nitrogen and oxygen atoms in total. The van der Waals surface area contributed by atoms with E-state index < -0.39 is 0 Å². The highest BCUT2D eigenvalue weighted by molar-refractivity contribution is 14.1. The van der Waals surface area contributed by atoms with Crippen LogP contribution in [0.1, 0.15) is 16.7 Å². The van der Waals surface area contributed by atoms with E-state index in [1.807, 2.05) is 12.1 Å². The summed E-state index contributed by atoms with van der Waals surface area (Å²) in [7, 11) is 1.59.